The lowest BCUT2D eigenvalue weighted by atomic mass is 10.1. The fraction of sp³-hybridized carbons (Fsp3) is 0.857. The normalized spacial score (nSPS) is 13.2. The maximum absolute atomic E-state index is 13.2. The van der Waals surface area contributed by atoms with Crippen LogP contribution in [0.4, 0.5) is 0 Å². The van der Waals surface area contributed by atoms with Crippen LogP contribution in [0.25, 0.3) is 0 Å². The number of ether oxygens (including phenoxy) is 4. The van der Waals surface area contributed by atoms with E-state index in [0.717, 1.165) is 83.5 Å². The molecule has 0 aliphatic carbocycles. The van der Waals surface area contributed by atoms with Gasteiger partial charge in [0.05, 0.1) is 19.8 Å². The van der Waals surface area contributed by atoms with Gasteiger partial charge in [-0.2, -0.15) is 0 Å². The highest BCUT2D eigenvalue weighted by atomic mass is 16.7. The Kier molecular flexibility index (Phi) is 27.4. The van der Waals surface area contributed by atoms with Gasteiger partial charge in [-0.15, -0.1) is 5.26 Å². The highest BCUT2D eigenvalue weighted by Crippen LogP contribution is 2.16. The molecule has 0 fully saturated rings. The van der Waals surface area contributed by atoms with Crippen LogP contribution in [0.5, 0.6) is 0 Å². The van der Waals surface area contributed by atoms with Crippen molar-refractivity contribution in [3.8, 4) is 6.26 Å². The first-order valence-electron chi connectivity index (χ1n) is 17.8. The molecule has 0 aromatic rings. The largest absolute Gasteiger partial charge is 0.464 e. The van der Waals surface area contributed by atoms with Gasteiger partial charge in [0.25, 0.3) is 0 Å². The van der Waals surface area contributed by atoms with Crippen molar-refractivity contribution in [2.45, 2.75) is 175 Å². The van der Waals surface area contributed by atoms with Gasteiger partial charge in [-0.05, 0) is 45.2 Å². The summed E-state index contributed by atoms with van der Waals surface area (Å²) in [7, 11) is 0. The Morgan fingerprint density at radius 1 is 0.587 bits per heavy atom. The molecule has 11 heteroatoms. The van der Waals surface area contributed by atoms with E-state index in [1.54, 1.807) is 0 Å². The Labute approximate surface area is 278 Å². The topological polar surface area (TPSA) is 137 Å². The molecule has 0 spiro atoms. The number of unbranched alkanes of at least 4 members (excludes halogenated alkanes) is 15. The van der Waals surface area contributed by atoms with Gasteiger partial charge in [0.15, 0.2) is 6.10 Å². The summed E-state index contributed by atoms with van der Waals surface area (Å²) >= 11 is 0. The van der Waals surface area contributed by atoms with Crippen molar-refractivity contribution < 1.29 is 38.2 Å². The Morgan fingerprint density at radius 2 is 0.935 bits per heavy atom. The SMILES string of the molecule is CCCCCCCCOC(=O)C(C)O/C(=N\OC#N)N(C(C)C(=O)OCCCCCCCC)C(C)C(=O)OCCCCCCCC. The molecule has 46 heavy (non-hydrogen) atoms. The predicted octanol–water partition coefficient (Wildman–Crippen LogP) is 7.95. The minimum Gasteiger partial charge on any atom is -0.464 e. The maximum atomic E-state index is 13.2. The van der Waals surface area contributed by atoms with Crippen LogP contribution in [0.1, 0.15) is 157 Å². The van der Waals surface area contributed by atoms with E-state index in [0.29, 0.717) is 12.8 Å². The molecule has 0 radical (unpaired) electrons. The molecule has 11 nitrogen and oxygen atoms in total. The van der Waals surface area contributed by atoms with E-state index < -0.39 is 42.1 Å². The van der Waals surface area contributed by atoms with Crippen LogP contribution in [0.3, 0.4) is 0 Å². The van der Waals surface area contributed by atoms with Gasteiger partial charge in [-0.3, -0.25) is 9.74 Å². The molecule has 0 amide bonds. The molecular formula is C35H63N3O8. The van der Waals surface area contributed by atoms with Crippen molar-refractivity contribution >= 4 is 23.9 Å². The van der Waals surface area contributed by atoms with Crippen molar-refractivity contribution in [2.24, 2.45) is 5.16 Å². The second-order valence-electron chi connectivity index (χ2n) is 11.9. The Balaban J connectivity index is 5.56. The smallest absolute Gasteiger partial charge is 0.347 e. The summed E-state index contributed by atoms with van der Waals surface area (Å²) in [5.41, 5.74) is 0. The van der Waals surface area contributed by atoms with Crippen LogP contribution in [0.2, 0.25) is 0 Å². The maximum Gasteiger partial charge on any atom is 0.347 e. The zero-order valence-electron chi connectivity index (χ0n) is 29.7. The Morgan fingerprint density at radius 3 is 1.30 bits per heavy atom. The van der Waals surface area contributed by atoms with Gasteiger partial charge in [-0.25, -0.2) is 14.4 Å². The summed E-state index contributed by atoms with van der Waals surface area (Å²) in [6, 6.07) is -2.56. The summed E-state index contributed by atoms with van der Waals surface area (Å²) in [6.45, 7) is 11.7. The number of rotatable bonds is 28. The van der Waals surface area contributed by atoms with Crippen LogP contribution < -0.4 is 0 Å². The fourth-order valence-electron chi connectivity index (χ4n) is 4.81. The van der Waals surface area contributed by atoms with Crippen LogP contribution in [0.15, 0.2) is 5.16 Å². The summed E-state index contributed by atoms with van der Waals surface area (Å²) in [4.78, 5) is 44.9. The number of nitrogens with zero attached hydrogens (tertiary/aromatic N) is 3. The van der Waals surface area contributed by atoms with Gasteiger partial charge in [0, 0.05) is 0 Å². The van der Waals surface area contributed by atoms with Crippen LogP contribution >= 0.6 is 0 Å². The van der Waals surface area contributed by atoms with E-state index in [9.17, 15) is 14.4 Å². The first kappa shape index (κ1) is 43.0. The first-order chi connectivity index (χ1) is 22.2. The number of oxime groups is 1. The molecular weight excluding hydrogens is 590 g/mol. The van der Waals surface area contributed by atoms with Gasteiger partial charge in [0.1, 0.15) is 12.1 Å². The molecule has 0 saturated carbocycles. The van der Waals surface area contributed by atoms with Crippen LogP contribution in [-0.4, -0.2) is 66.8 Å². The third-order valence-corrected chi connectivity index (χ3v) is 7.74. The third kappa shape index (κ3) is 20.9. The van der Waals surface area contributed by atoms with Crippen molar-refractivity contribution in [3.05, 3.63) is 0 Å². The van der Waals surface area contributed by atoms with Crippen LogP contribution in [-0.2, 0) is 38.2 Å². The number of hydrogen-bond donors (Lipinski definition) is 0. The molecule has 0 aliphatic rings. The average molecular weight is 654 g/mol. The molecule has 0 N–H and O–H groups in total. The van der Waals surface area contributed by atoms with Crippen molar-refractivity contribution in [3.63, 3.8) is 0 Å². The minimum atomic E-state index is -1.17. The predicted molar refractivity (Wildman–Crippen MR) is 178 cm³/mol. The average Bonchev–Trinajstić information content (AvgIpc) is 3.05. The number of carbonyl (C=O) groups is 3. The van der Waals surface area contributed by atoms with Gasteiger partial charge in [0.2, 0.25) is 0 Å². The zero-order chi connectivity index (χ0) is 34.4. The monoisotopic (exact) mass is 653 g/mol. The van der Waals surface area contributed by atoms with E-state index in [-0.39, 0.29) is 19.8 Å². The van der Waals surface area contributed by atoms with E-state index >= 15 is 0 Å². The van der Waals surface area contributed by atoms with E-state index in [2.05, 4.69) is 30.8 Å². The quantitative estimate of drug-likeness (QED) is 0.0156. The Bertz CT molecular complexity index is 840. The lowest BCUT2D eigenvalue weighted by Gasteiger charge is -2.33. The second kappa shape index (κ2) is 29.4. The standard InChI is InChI=1S/C35H63N3O8/c1-7-10-13-16-19-22-25-42-32(39)29(4)38(30(5)33(40)43-26-23-20-17-14-11-8-2)35(37-45-28-36)46-31(6)34(41)44-27-24-21-18-15-12-9-3/h29-31H,7-27H2,1-6H3/b37-35-. The third-order valence-electron chi connectivity index (χ3n) is 7.74. The Hall–Kier alpha value is -3.03. The lowest BCUT2D eigenvalue weighted by molar-refractivity contribution is -0.155. The van der Waals surface area contributed by atoms with E-state index in [1.165, 1.54) is 51.2 Å². The van der Waals surface area contributed by atoms with Gasteiger partial charge in [-0.1, -0.05) is 117 Å². The zero-order valence-corrected chi connectivity index (χ0v) is 29.7. The number of nitriles is 1. The lowest BCUT2D eigenvalue weighted by Crippen LogP contribution is -2.54. The first-order valence-corrected chi connectivity index (χ1v) is 17.8. The number of carbonyl (C=O) groups excluding carboxylic acids is 3. The molecule has 266 valence electrons. The van der Waals surface area contributed by atoms with Gasteiger partial charge < -0.3 is 18.9 Å². The fourth-order valence-corrected chi connectivity index (χ4v) is 4.81. The molecule has 0 aliphatic heterocycles. The minimum absolute atomic E-state index is 0.225. The molecule has 0 bridgehead atoms. The van der Waals surface area contributed by atoms with E-state index in [4.69, 9.17) is 24.2 Å². The molecule has 3 unspecified atom stereocenters. The molecule has 0 aromatic heterocycles. The molecule has 3 atom stereocenters. The number of hydrogen-bond acceptors (Lipinski definition) is 10. The summed E-state index contributed by atoms with van der Waals surface area (Å²) in [5.74, 6) is -1.87. The second-order valence-corrected chi connectivity index (χ2v) is 11.9. The molecule has 0 rings (SSSR count). The summed E-state index contributed by atoms with van der Waals surface area (Å²) < 4.78 is 22.3. The number of esters is 3. The van der Waals surface area contributed by atoms with Gasteiger partial charge >= 0.3 is 30.2 Å². The van der Waals surface area contributed by atoms with E-state index in [1.807, 2.05) is 0 Å². The van der Waals surface area contributed by atoms with Crippen molar-refractivity contribution in [2.75, 3.05) is 19.8 Å². The highest BCUT2D eigenvalue weighted by Gasteiger charge is 2.37. The summed E-state index contributed by atoms with van der Waals surface area (Å²) in [6.07, 6.45) is 18.9. The molecule has 0 saturated heterocycles. The van der Waals surface area contributed by atoms with Crippen LogP contribution in [0, 0.1) is 11.5 Å². The number of amidine groups is 1. The molecule has 0 heterocycles. The molecule has 0 aromatic carbocycles. The highest BCUT2D eigenvalue weighted by molar-refractivity contribution is 5.89. The van der Waals surface area contributed by atoms with Crippen molar-refractivity contribution in [1.82, 2.24) is 4.90 Å². The van der Waals surface area contributed by atoms with Crippen molar-refractivity contribution in [1.29, 1.82) is 5.26 Å². The summed E-state index contributed by atoms with van der Waals surface area (Å²) in [5, 5.41) is 12.8.